The van der Waals surface area contributed by atoms with E-state index in [0.717, 1.165) is 29.4 Å². The minimum Gasteiger partial charge on any atom is -0.464 e. The molecule has 0 spiro atoms. The Morgan fingerprint density at radius 1 is 1.42 bits per heavy atom. The Labute approximate surface area is 111 Å². The van der Waals surface area contributed by atoms with Gasteiger partial charge in [-0.05, 0) is 30.5 Å². The molecule has 0 atom stereocenters. The summed E-state index contributed by atoms with van der Waals surface area (Å²) >= 11 is 0. The van der Waals surface area contributed by atoms with Crippen LogP contribution in [0.1, 0.15) is 18.4 Å². The van der Waals surface area contributed by atoms with Gasteiger partial charge in [-0.15, -0.1) is 0 Å². The first-order valence-corrected chi connectivity index (χ1v) is 6.53. The summed E-state index contributed by atoms with van der Waals surface area (Å²) in [7, 11) is 1.69. The Balaban J connectivity index is 1.60. The van der Waals surface area contributed by atoms with Gasteiger partial charge in [0.05, 0.1) is 12.4 Å². The number of rotatable bonds is 4. The quantitative estimate of drug-likeness (QED) is 0.917. The summed E-state index contributed by atoms with van der Waals surface area (Å²) in [5, 5.41) is 4.05. The fourth-order valence-corrected chi connectivity index (χ4v) is 2.51. The van der Waals surface area contributed by atoms with Crippen molar-refractivity contribution in [2.75, 3.05) is 7.11 Å². The van der Waals surface area contributed by atoms with E-state index >= 15 is 0 Å². The molecule has 1 aromatic carbocycles. The Bertz CT molecular complexity index is 584. The molecular weight excluding hydrogens is 242 g/mol. The number of hydrogen-bond acceptors (Lipinski definition) is 3. The second-order valence-electron chi connectivity index (χ2n) is 4.99. The monoisotopic (exact) mass is 259 g/mol. The van der Waals surface area contributed by atoms with Crippen LogP contribution in [0.25, 0.3) is 11.0 Å². The lowest BCUT2D eigenvalue weighted by molar-refractivity contribution is -0.132. The van der Waals surface area contributed by atoms with Gasteiger partial charge in [-0.25, -0.2) is 0 Å². The first-order valence-electron chi connectivity index (χ1n) is 6.53. The molecule has 1 aromatic heterocycles. The summed E-state index contributed by atoms with van der Waals surface area (Å²) in [4.78, 5) is 11.9. The van der Waals surface area contributed by atoms with Crippen molar-refractivity contribution in [1.29, 1.82) is 0 Å². The minimum atomic E-state index is 0.105. The largest absolute Gasteiger partial charge is 0.464 e. The molecule has 1 aliphatic carbocycles. The second kappa shape index (κ2) is 5.05. The molecule has 1 saturated carbocycles. The third kappa shape index (κ3) is 2.36. The number of amides is 1. The van der Waals surface area contributed by atoms with Gasteiger partial charge >= 0.3 is 0 Å². The number of methoxy groups -OCH3 is 1. The van der Waals surface area contributed by atoms with Crippen LogP contribution >= 0.6 is 0 Å². The SMILES string of the molecule is COC1CC(C(=O)NCc2cccc3occc23)C1. The van der Waals surface area contributed by atoms with Crippen molar-refractivity contribution in [3.63, 3.8) is 0 Å². The van der Waals surface area contributed by atoms with E-state index in [1.165, 1.54) is 0 Å². The van der Waals surface area contributed by atoms with Crippen LogP contribution in [0.15, 0.2) is 34.9 Å². The molecule has 0 bridgehead atoms. The van der Waals surface area contributed by atoms with E-state index in [4.69, 9.17) is 9.15 Å². The number of carbonyl (C=O) groups excluding carboxylic acids is 1. The van der Waals surface area contributed by atoms with E-state index < -0.39 is 0 Å². The molecule has 0 aliphatic heterocycles. The fourth-order valence-electron chi connectivity index (χ4n) is 2.51. The van der Waals surface area contributed by atoms with E-state index in [1.54, 1.807) is 13.4 Å². The Morgan fingerprint density at radius 3 is 3.05 bits per heavy atom. The van der Waals surface area contributed by atoms with Gasteiger partial charge in [0.25, 0.3) is 0 Å². The highest BCUT2D eigenvalue weighted by atomic mass is 16.5. The highest BCUT2D eigenvalue weighted by Gasteiger charge is 2.34. The molecule has 0 saturated heterocycles. The van der Waals surface area contributed by atoms with E-state index in [2.05, 4.69) is 5.32 Å². The van der Waals surface area contributed by atoms with Gasteiger partial charge in [0.15, 0.2) is 0 Å². The normalized spacial score (nSPS) is 22.2. The van der Waals surface area contributed by atoms with Crippen molar-refractivity contribution < 1.29 is 13.9 Å². The van der Waals surface area contributed by atoms with Crippen LogP contribution in [0.4, 0.5) is 0 Å². The first-order chi connectivity index (χ1) is 9.28. The standard InChI is InChI=1S/C15H17NO3/c1-18-12-7-11(8-12)15(17)16-9-10-3-2-4-14-13(10)5-6-19-14/h2-6,11-12H,7-9H2,1H3,(H,16,17). The van der Waals surface area contributed by atoms with Crippen LogP contribution in [0.2, 0.25) is 0 Å². The average Bonchev–Trinajstić information content (AvgIpc) is 2.83. The smallest absolute Gasteiger partial charge is 0.223 e. The summed E-state index contributed by atoms with van der Waals surface area (Å²) in [6, 6.07) is 7.81. The lowest BCUT2D eigenvalue weighted by Crippen LogP contribution is -2.41. The number of hydrogen-bond donors (Lipinski definition) is 1. The molecule has 4 nitrogen and oxygen atoms in total. The van der Waals surface area contributed by atoms with Crippen molar-refractivity contribution in [2.45, 2.75) is 25.5 Å². The maximum absolute atomic E-state index is 11.9. The van der Waals surface area contributed by atoms with Crippen molar-refractivity contribution in [2.24, 2.45) is 5.92 Å². The summed E-state index contributed by atoms with van der Waals surface area (Å²) < 4.78 is 10.5. The number of benzene rings is 1. The Morgan fingerprint density at radius 2 is 2.26 bits per heavy atom. The molecule has 1 aliphatic rings. The third-order valence-electron chi connectivity index (χ3n) is 3.84. The van der Waals surface area contributed by atoms with Gasteiger partial charge in [0, 0.05) is 25.0 Å². The summed E-state index contributed by atoms with van der Waals surface area (Å²) in [6.07, 6.45) is 3.59. The molecule has 2 aromatic rings. The fraction of sp³-hybridized carbons (Fsp3) is 0.400. The summed E-state index contributed by atoms with van der Waals surface area (Å²) in [5.41, 5.74) is 1.94. The van der Waals surface area contributed by atoms with Gasteiger partial charge in [-0.1, -0.05) is 12.1 Å². The Hall–Kier alpha value is -1.81. The van der Waals surface area contributed by atoms with Crippen LogP contribution in [0.3, 0.4) is 0 Å². The third-order valence-corrected chi connectivity index (χ3v) is 3.84. The highest BCUT2D eigenvalue weighted by molar-refractivity contribution is 5.83. The van der Waals surface area contributed by atoms with Crippen LogP contribution in [-0.4, -0.2) is 19.1 Å². The maximum atomic E-state index is 11.9. The predicted octanol–water partition coefficient (Wildman–Crippen LogP) is 2.47. The molecule has 1 N–H and O–H groups in total. The van der Waals surface area contributed by atoms with E-state index in [1.807, 2.05) is 24.3 Å². The molecular formula is C15H17NO3. The molecule has 3 rings (SSSR count). The van der Waals surface area contributed by atoms with E-state index in [0.29, 0.717) is 6.54 Å². The van der Waals surface area contributed by atoms with Crippen molar-refractivity contribution >= 4 is 16.9 Å². The second-order valence-corrected chi connectivity index (χ2v) is 4.99. The summed E-state index contributed by atoms with van der Waals surface area (Å²) in [5.74, 6) is 0.224. The van der Waals surface area contributed by atoms with E-state index in [-0.39, 0.29) is 17.9 Å². The van der Waals surface area contributed by atoms with E-state index in [9.17, 15) is 4.79 Å². The number of carbonyl (C=O) groups is 1. The zero-order valence-corrected chi connectivity index (χ0v) is 10.9. The molecule has 0 radical (unpaired) electrons. The molecule has 1 fully saturated rings. The molecule has 100 valence electrons. The zero-order chi connectivity index (χ0) is 13.2. The predicted molar refractivity (Wildman–Crippen MR) is 71.6 cm³/mol. The van der Waals surface area contributed by atoms with Crippen molar-refractivity contribution in [3.05, 3.63) is 36.1 Å². The van der Waals surface area contributed by atoms with Gasteiger partial charge < -0.3 is 14.5 Å². The lowest BCUT2D eigenvalue weighted by atomic mass is 9.81. The number of fused-ring (bicyclic) bond motifs is 1. The first kappa shape index (κ1) is 12.2. The topological polar surface area (TPSA) is 51.5 Å². The number of nitrogens with one attached hydrogen (secondary N) is 1. The Kier molecular flexibility index (Phi) is 3.25. The molecule has 19 heavy (non-hydrogen) atoms. The lowest BCUT2D eigenvalue weighted by Gasteiger charge is -2.32. The zero-order valence-electron chi connectivity index (χ0n) is 10.9. The molecule has 1 heterocycles. The van der Waals surface area contributed by atoms with Crippen LogP contribution in [-0.2, 0) is 16.1 Å². The van der Waals surface area contributed by atoms with Gasteiger partial charge in [0.1, 0.15) is 5.58 Å². The number of furan rings is 1. The summed E-state index contributed by atoms with van der Waals surface area (Å²) in [6.45, 7) is 0.545. The van der Waals surface area contributed by atoms with Gasteiger partial charge in [-0.2, -0.15) is 0 Å². The van der Waals surface area contributed by atoms with Gasteiger partial charge in [0.2, 0.25) is 5.91 Å². The highest BCUT2D eigenvalue weighted by Crippen LogP contribution is 2.29. The van der Waals surface area contributed by atoms with Crippen molar-refractivity contribution in [3.8, 4) is 0 Å². The van der Waals surface area contributed by atoms with Crippen LogP contribution in [0.5, 0.6) is 0 Å². The van der Waals surface area contributed by atoms with Gasteiger partial charge in [-0.3, -0.25) is 4.79 Å². The molecule has 4 heteroatoms. The molecule has 1 amide bonds. The maximum Gasteiger partial charge on any atom is 0.223 e. The number of ether oxygens (including phenoxy) is 1. The van der Waals surface area contributed by atoms with Crippen LogP contribution in [0, 0.1) is 5.92 Å². The van der Waals surface area contributed by atoms with Crippen molar-refractivity contribution in [1.82, 2.24) is 5.32 Å². The minimum absolute atomic E-state index is 0.105. The average molecular weight is 259 g/mol. The van der Waals surface area contributed by atoms with Crippen LogP contribution < -0.4 is 5.32 Å². The molecule has 0 unspecified atom stereocenters.